The van der Waals surface area contributed by atoms with Crippen molar-refractivity contribution < 1.29 is 18.0 Å². The second-order valence-corrected chi connectivity index (χ2v) is 4.00. The molecular formula is C12H12F3N3O. The Bertz CT molecular complexity index is 520. The smallest absolute Gasteiger partial charge is 0.330 e. The van der Waals surface area contributed by atoms with Gasteiger partial charge in [0, 0.05) is 12.5 Å². The van der Waals surface area contributed by atoms with Crippen LogP contribution in [0.2, 0.25) is 0 Å². The number of alkyl halides is 3. The number of carbonyl (C=O) groups is 1. The number of nitrogens with two attached hydrogens (primary N) is 1. The molecule has 1 aromatic rings. The van der Waals surface area contributed by atoms with Gasteiger partial charge in [-0.1, -0.05) is 6.92 Å². The lowest BCUT2D eigenvalue weighted by molar-refractivity contribution is -0.137. The molecule has 0 saturated heterocycles. The number of nitrogens with zero attached hydrogens (tertiary/aromatic N) is 1. The zero-order chi connectivity index (χ0) is 14.6. The lowest BCUT2D eigenvalue weighted by Gasteiger charge is -2.15. The Kier molecular flexibility index (Phi) is 4.51. The Morgan fingerprint density at radius 1 is 1.53 bits per heavy atom. The Hall–Kier alpha value is -2.07. The fourth-order valence-corrected chi connectivity index (χ4v) is 1.32. The molecule has 1 amide bonds. The molecule has 0 saturated carbocycles. The topological polar surface area (TPSA) is 78.9 Å². The van der Waals surface area contributed by atoms with E-state index in [1.807, 2.05) is 0 Å². The van der Waals surface area contributed by atoms with Crippen molar-refractivity contribution in [3.05, 3.63) is 29.3 Å². The second kappa shape index (κ2) is 5.71. The Labute approximate surface area is 108 Å². The maximum atomic E-state index is 12.8. The zero-order valence-electron chi connectivity index (χ0n) is 10.1. The third-order valence-corrected chi connectivity index (χ3v) is 2.51. The van der Waals surface area contributed by atoms with Gasteiger partial charge >= 0.3 is 6.18 Å². The highest BCUT2D eigenvalue weighted by Crippen LogP contribution is 2.35. The van der Waals surface area contributed by atoms with Crippen molar-refractivity contribution in [3.8, 4) is 6.07 Å². The molecule has 1 rings (SSSR count). The highest BCUT2D eigenvalue weighted by molar-refractivity contribution is 5.93. The summed E-state index contributed by atoms with van der Waals surface area (Å²) in [5.41, 5.74) is 3.71. The molecule has 4 nitrogen and oxygen atoms in total. The minimum atomic E-state index is -4.65. The number of nitriles is 1. The molecule has 1 aromatic carbocycles. The fourth-order valence-electron chi connectivity index (χ4n) is 1.32. The van der Waals surface area contributed by atoms with Crippen LogP contribution in [0, 0.1) is 17.2 Å². The molecule has 1 atom stereocenters. The molecule has 0 spiro atoms. The first-order valence-electron chi connectivity index (χ1n) is 5.42. The summed E-state index contributed by atoms with van der Waals surface area (Å²) in [5.74, 6) is -1.20. The molecule has 19 heavy (non-hydrogen) atoms. The molecule has 1 unspecified atom stereocenters. The molecule has 0 aliphatic heterocycles. The van der Waals surface area contributed by atoms with Crippen molar-refractivity contribution in [1.82, 2.24) is 0 Å². The van der Waals surface area contributed by atoms with E-state index in [-0.39, 0.29) is 17.8 Å². The summed E-state index contributed by atoms with van der Waals surface area (Å²) in [6, 6.07) is 4.58. The van der Waals surface area contributed by atoms with Crippen LogP contribution in [0.3, 0.4) is 0 Å². The van der Waals surface area contributed by atoms with E-state index in [1.165, 1.54) is 13.0 Å². The number of halogens is 3. The summed E-state index contributed by atoms with van der Waals surface area (Å²) in [7, 11) is 0. The predicted octanol–water partition coefficient (Wildman–Crippen LogP) is 2.11. The molecule has 0 bridgehead atoms. The van der Waals surface area contributed by atoms with Gasteiger partial charge in [0.25, 0.3) is 0 Å². The van der Waals surface area contributed by atoms with Gasteiger partial charge in [-0.3, -0.25) is 4.79 Å². The van der Waals surface area contributed by atoms with Gasteiger partial charge in [-0.25, -0.2) is 0 Å². The van der Waals surface area contributed by atoms with Crippen LogP contribution >= 0.6 is 0 Å². The number of anilines is 1. The van der Waals surface area contributed by atoms with Crippen LogP contribution in [-0.4, -0.2) is 12.5 Å². The van der Waals surface area contributed by atoms with Gasteiger partial charge in [-0.05, 0) is 18.2 Å². The lowest BCUT2D eigenvalue weighted by Crippen LogP contribution is -2.27. The second-order valence-electron chi connectivity index (χ2n) is 4.00. The molecule has 3 N–H and O–H groups in total. The Balaban J connectivity index is 3.14. The number of rotatable bonds is 3. The number of carbonyl (C=O) groups excluding carboxylic acids is 1. The molecule has 0 aliphatic carbocycles. The summed E-state index contributed by atoms with van der Waals surface area (Å²) < 4.78 is 38.4. The van der Waals surface area contributed by atoms with Gasteiger partial charge in [-0.2, -0.15) is 18.4 Å². The van der Waals surface area contributed by atoms with Gasteiger partial charge in [0.05, 0.1) is 22.9 Å². The molecule has 0 aromatic heterocycles. The first-order chi connectivity index (χ1) is 8.79. The van der Waals surface area contributed by atoms with Crippen LogP contribution in [0.15, 0.2) is 18.2 Å². The summed E-state index contributed by atoms with van der Waals surface area (Å²) in [4.78, 5) is 11.6. The van der Waals surface area contributed by atoms with Crippen molar-refractivity contribution in [2.24, 2.45) is 11.7 Å². The molecule has 0 aliphatic rings. The van der Waals surface area contributed by atoms with E-state index in [1.54, 1.807) is 6.07 Å². The van der Waals surface area contributed by atoms with Gasteiger partial charge in [-0.15, -0.1) is 0 Å². The molecule has 0 fully saturated rings. The standard InChI is InChI=1S/C12H12F3N3O/c1-7(5-16)11(19)18-10-3-2-8(6-17)4-9(10)12(13,14)15/h2-4,7H,5,16H2,1H3,(H,18,19). The van der Waals surface area contributed by atoms with Crippen LogP contribution in [0.1, 0.15) is 18.1 Å². The number of amides is 1. The summed E-state index contributed by atoms with van der Waals surface area (Å²) in [6.07, 6.45) is -4.65. The Morgan fingerprint density at radius 3 is 2.63 bits per heavy atom. The number of hydrogen-bond donors (Lipinski definition) is 2. The van der Waals surface area contributed by atoms with Crippen LogP contribution in [-0.2, 0) is 11.0 Å². The molecule has 0 radical (unpaired) electrons. The molecule has 102 valence electrons. The van der Waals surface area contributed by atoms with Gasteiger partial charge in [0.2, 0.25) is 5.91 Å². The normalized spacial score (nSPS) is 12.6. The highest BCUT2D eigenvalue weighted by Gasteiger charge is 2.34. The van der Waals surface area contributed by atoms with Crippen molar-refractivity contribution in [2.45, 2.75) is 13.1 Å². The van der Waals surface area contributed by atoms with E-state index in [9.17, 15) is 18.0 Å². The number of benzene rings is 1. The van der Waals surface area contributed by atoms with Gasteiger partial charge in [0.15, 0.2) is 0 Å². The third kappa shape index (κ3) is 3.69. The van der Waals surface area contributed by atoms with E-state index in [4.69, 9.17) is 11.0 Å². The van der Waals surface area contributed by atoms with E-state index >= 15 is 0 Å². The Morgan fingerprint density at radius 2 is 2.16 bits per heavy atom. The van der Waals surface area contributed by atoms with Crippen LogP contribution < -0.4 is 11.1 Å². The van der Waals surface area contributed by atoms with E-state index < -0.39 is 23.6 Å². The van der Waals surface area contributed by atoms with Crippen LogP contribution in [0.25, 0.3) is 0 Å². The summed E-state index contributed by atoms with van der Waals surface area (Å²) >= 11 is 0. The quantitative estimate of drug-likeness (QED) is 0.883. The molecule has 7 heteroatoms. The van der Waals surface area contributed by atoms with Gasteiger partial charge < -0.3 is 11.1 Å². The monoisotopic (exact) mass is 271 g/mol. The lowest BCUT2D eigenvalue weighted by atomic mass is 10.1. The zero-order valence-corrected chi connectivity index (χ0v) is 10.1. The summed E-state index contributed by atoms with van der Waals surface area (Å²) in [6.45, 7) is 1.54. The predicted molar refractivity (Wildman–Crippen MR) is 63.0 cm³/mol. The average molecular weight is 271 g/mol. The minimum Gasteiger partial charge on any atom is -0.330 e. The summed E-state index contributed by atoms with van der Waals surface area (Å²) in [5, 5.41) is 10.8. The first kappa shape index (κ1) is 15.0. The van der Waals surface area contributed by atoms with E-state index in [0.717, 1.165) is 6.07 Å². The van der Waals surface area contributed by atoms with Crippen molar-refractivity contribution in [3.63, 3.8) is 0 Å². The fraction of sp³-hybridized carbons (Fsp3) is 0.333. The van der Waals surface area contributed by atoms with Crippen molar-refractivity contribution in [2.75, 3.05) is 11.9 Å². The van der Waals surface area contributed by atoms with Gasteiger partial charge in [0.1, 0.15) is 0 Å². The molecule has 0 heterocycles. The van der Waals surface area contributed by atoms with E-state index in [2.05, 4.69) is 5.32 Å². The highest BCUT2D eigenvalue weighted by atomic mass is 19.4. The van der Waals surface area contributed by atoms with Crippen LogP contribution in [0.4, 0.5) is 18.9 Å². The number of hydrogen-bond acceptors (Lipinski definition) is 3. The third-order valence-electron chi connectivity index (χ3n) is 2.51. The maximum Gasteiger partial charge on any atom is 0.418 e. The first-order valence-corrected chi connectivity index (χ1v) is 5.42. The minimum absolute atomic E-state index is 0.0312. The van der Waals surface area contributed by atoms with Crippen LogP contribution in [0.5, 0.6) is 0 Å². The average Bonchev–Trinajstić information content (AvgIpc) is 2.36. The van der Waals surface area contributed by atoms with Crippen molar-refractivity contribution in [1.29, 1.82) is 5.26 Å². The maximum absolute atomic E-state index is 12.8. The van der Waals surface area contributed by atoms with E-state index in [0.29, 0.717) is 6.07 Å². The van der Waals surface area contributed by atoms with Crippen molar-refractivity contribution >= 4 is 11.6 Å². The largest absolute Gasteiger partial charge is 0.418 e. The molecular weight excluding hydrogens is 259 g/mol. The number of nitrogens with one attached hydrogen (secondary N) is 1. The SMILES string of the molecule is CC(CN)C(=O)Nc1ccc(C#N)cc1C(F)(F)F.